The molecule has 0 saturated carbocycles. The summed E-state index contributed by atoms with van der Waals surface area (Å²) >= 11 is 0. The van der Waals surface area contributed by atoms with Gasteiger partial charge in [0.25, 0.3) is 0 Å². The van der Waals surface area contributed by atoms with Crippen LogP contribution >= 0.6 is 0 Å². The van der Waals surface area contributed by atoms with Crippen molar-refractivity contribution in [2.45, 2.75) is 0 Å². The fourth-order valence-electron chi connectivity index (χ4n) is 0.871. The number of rotatable bonds is 1. The zero-order valence-corrected chi connectivity index (χ0v) is 6.96. The Morgan fingerprint density at radius 3 is 2.50 bits per heavy atom. The van der Waals surface area contributed by atoms with Gasteiger partial charge in [0, 0.05) is 0 Å². The molecule has 0 aliphatic carbocycles. The Bertz CT molecular complexity index is 393. The van der Waals surface area contributed by atoms with Crippen molar-refractivity contribution in [3.63, 3.8) is 0 Å². The first-order valence-corrected chi connectivity index (χ1v) is 3.51. The van der Waals surface area contributed by atoms with Crippen molar-refractivity contribution in [1.29, 1.82) is 0 Å². The Morgan fingerprint density at radius 1 is 1.33 bits per heavy atom. The van der Waals surface area contributed by atoms with E-state index in [1.165, 1.54) is 7.11 Å². The number of methoxy groups -OCH3 is 1. The monoisotopic (exact) mass is 162 g/mol. The Kier molecular flexibility index (Phi) is 2.29. The second-order valence-corrected chi connectivity index (χ2v) is 2.48. The van der Waals surface area contributed by atoms with E-state index in [4.69, 9.17) is 0 Å². The van der Waals surface area contributed by atoms with Gasteiger partial charge in [0.15, 0.2) is 0 Å². The number of ether oxygens (including phenoxy) is 1. The van der Waals surface area contributed by atoms with E-state index in [1.807, 2.05) is 0 Å². The lowest BCUT2D eigenvalue weighted by molar-refractivity contribution is 0.0600. The molecule has 0 fully saturated rings. The molecule has 0 spiro atoms. The summed E-state index contributed by atoms with van der Waals surface area (Å²) in [5.41, 5.74) is 0.509. The van der Waals surface area contributed by atoms with Gasteiger partial charge in [-0.05, 0) is 22.6 Å². The second kappa shape index (κ2) is 3.22. The van der Waals surface area contributed by atoms with E-state index in [-0.39, 0.29) is 5.97 Å². The highest BCUT2D eigenvalue weighted by molar-refractivity contribution is 5.89. The quantitative estimate of drug-likeness (QED) is 0.555. The summed E-state index contributed by atoms with van der Waals surface area (Å²) in [6.45, 7) is 7.46. The van der Waals surface area contributed by atoms with Gasteiger partial charge in [-0.1, -0.05) is 19.2 Å². The Morgan fingerprint density at radius 2 is 2.00 bits per heavy atom. The third kappa shape index (κ3) is 1.53. The topological polar surface area (TPSA) is 26.3 Å². The van der Waals surface area contributed by atoms with Crippen molar-refractivity contribution in [2.75, 3.05) is 7.11 Å². The summed E-state index contributed by atoms with van der Waals surface area (Å²) < 4.78 is 4.54. The SMILES string of the molecule is C=c1ccc(C(=O)OC)cc1=C. The molecule has 0 aliphatic rings. The molecular weight excluding hydrogens is 152 g/mol. The van der Waals surface area contributed by atoms with Crippen LogP contribution in [0.2, 0.25) is 0 Å². The molecule has 0 aromatic heterocycles. The van der Waals surface area contributed by atoms with E-state index in [1.54, 1.807) is 18.2 Å². The van der Waals surface area contributed by atoms with E-state index in [2.05, 4.69) is 17.9 Å². The fraction of sp³-hybridized carbons (Fsp3) is 0.100. The lowest BCUT2D eigenvalue weighted by Gasteiger charge is -1.97. The van der Waals surface area contributed by atoms with Gasteiger partial charge < -0.3 is 4.74 Å². The maximum absolute atomic E-state index is 11.0. The summed E-state index contributed by atoms with van der Waals surface area (Å²) in [6.07, 6.45) is 0. The minimum Gasteiger partial charge on any atom is -0.465 e. The Balaban J connectivity index is 3.23. The van der Waals surface area contributed by atoms with Crippen LogP contribution in [0.1, 0.15) is 10.4 Å². The largest absolute Gasteiger partial charge is 0.465 e. The van der Waals surface area contributed by atoms with Crippen LogP contribution in [0, 0.1) is 0 Å². The highest BCUT2D eigenvalue weighted by Gasteiger charge is 2.02. The number of hydrogen-bond acceptors (Lipinski definition) is 2. The first-order chi connectivity index (χ1) is 5.65. The number of benzene rings is 1. The Labute approximate surface area is 70.8 Å². The molecule has 0 saturated heterocycles. The van der Waals surface area contributed by atoms with Crippen LogP contribution in [-0.4, -0.2) is 13.1 Å². The smallest absolute Gasteiger partial charge is 0.337 e. The van der Waals surface area contributed by atoms with Gasteiger partial charge >= 0.3 is 5.97 Å². The maximum atomic E-state index is 11.0. The summed E-state index contributed by atoms with van der Waals surface area (Å²) in [5, 5.41) is 1.57. The van der Waals surface area contributed by atoms with Crippen LogP contribution in [-0.2, 0) is 4.74 Å². The fourth-order valence-corrected chi connectivity index (χ4v) is 0.871. The second-order valence-electron chi connectivity index (χ2n) is 2.48. The highest BCUT2D eigenvalue weighted by Crippen LogP contribution is 1.93. The zero-order valence-electron chi connectivity index (χ0n) is 6.96. The number of hydrogen-bond donors (Lipinski definition) is 0. The molecule has 1 aromatic rings. The van der Waals surface area contributed by atoms with Crippen molar-refractivity contribution in [3.05, 3.63) is 34.2 Å². The molecule has 0 unspecified atom stereocenters. The van der Waals surface area contributed by atoms with Crippen molar-refractivity contribution >= 4 is 19.1 Å². The average molecular weight is 162 g/mol. The minimum absolute atomic E-state index is 0.347. The van der Waals surface area contributed by atoms with Gasteiger partial charge in [0.2, 0.25) is 0 Å². The average Bonchev–Trinajstić information content (AvgIpc) is 2.08. The summed E-state index contributed by atoms with van der Waals surface area (Å²) in [7, 11) is 1.35. The standard InChI is InChI=1S/C10H10O2/c1-7-4-5-9(6-8(7)2)10(11)12-3/h4-6H,1-2H2,3H3. The van der Waals surface area contributed by atoms with Crippen molar-refractivity contribution in [3.8, 4) is 0 Å². The molecule has 0 bridgehead atoms. The predicted molar refractivity (Wildman–Crippen MR) is 48.1 cm³/mol. The van der Waals surface area contributed by atoms with E-state index < -0.39 is 0 Å². The molecule has 1 aromatic carbocycles. The normalized spacial score (nSPS) is 9.42. The number of carbonyl (C=O) groups excluding carboxylic acids is 1. The van der Waals surface area contributed by atoms with E-state index in [9.17, 15) is 4.79 Å². The molecule has 0 aliphatic heterocycles. The van der Waals surface area contributed by atoms with E-state index >= 15 is 0 Å². The molecule has 62 valence electrons. The van der Waals surface area contributed by atoms with Crippen LogP contribution in [0.15, 0.2) is 18.2 Å². The highest BCUT2D eigenvalue weighted by atomic mass is 16.5. The maximum Gasteiger partial charge on any atom is 0.337 e. The first-order valence-electron chi connectivity index (χ1n) is 3.51. The molecule has 0 N–H and O–H groups in total. The first kappa shape index (κ1) is 8.53. The third-order valence-corrected chi connectivity index (χ3v) is 1.63. The molecule has 0 atom stereocenters. The van der Waals surface area contributed by atoms with Crippen molar-refractivity contribution < 1.29 is 9.53 Å². The number of esters is 1. The Hall–Kier alpha value is -1.57. The lowest BCUT2D eigenvalue weighted by Crippen LogP contribution is -2.22. The summed E-state index contributed by atoms with van der Waals surface area (Å²) in [4.78, 5) is 11.0. The van der Waals surface area contributed by atoms with Crippen LogP contribution in [0.4, 0.5) is 0 Å². The molecule has 0 heterocycles. The van der Waals surface area contributed by atoms with Crippen LogP contribution in [0.25, 0.3) is 13.2 Å². The van der Waals surface area contributed by atoms with Crippen LogP contribution < -0.4 is 10.4 Å². The summed E-state index contributed by atoms with van der Waals surface area (Å²) in [6, 6.07) is 5.08. The van der Waals surface area contributed by atoms with E-state index in [0.717, 1.165) is 10.4 Å². The zero-order chi connectivity index (χ0) is 9.14. The van der Waals surface area contributed by atoms with Crippen molar-refractivity contribution in [2.24, 2.45) is 0 Å². The van der Waals surface area contributed by atoms with Gasteiger partial charge in [-0.15, -0.1) is 0 Å². The van der Waals surface area contributed by atoms with Gasteiger partial charge in [-0.3, -0.25) is 0 Å². The van der Waals surface area contributed by atoms with Gasteiger partial charge in [0.1, 0.15) is 0 Å². The van der Waals surface area contributed by atoms with Crippen molar-refractivity contribution in [1.82, 2.24) is 0 Å². The molecule has 2 heteroatoms. The van der Waals surface area contributed by atoms with Gasteiger partial charge in [-0.25, -0.2) is 4.79 Å². The number of carbonyl (C=O) groups is 1. The summed E-state index contributed by atoms with van der Waals surface area (Å²) in [5.74, 6) is -0.347. The molecule has 2 nitrogen and oxygen atoms in total. The van der Waals surface area contributed by atoms with Gasteiger partial charge in [-0.2, -0.15) is 0 Å². The van der Waals surface area contributed by atoms with E-state index in [0.29, 0.717) is 5.56 Å². The molecule has 0 amide bonds. The van der Waals surface area contributed by atoms with Gasteiger partial charge in [0.05, 0.1) is 12.7 Å². The molecule has 12 heavy (non-hydrogen) atoms. The minimum atomic E-state index is -0.347. The predicted octanol–water partition coefficient (Wildman–Crippen LogP) is 0.294. The third-order valence-electron chi connectivity index (χ3n) is 1.63. The molecule has 1 rings (SSSR count). The lowest BCUT2D eigenvalue weighted by atomic mass is 10.2. The molecule has 0 radical (unpaired) electrons. The van der Waals surface area contributed by atoms with Crippen LogP contribution in [0.5, 0.6) is 0 Å². The van der Waals surface area contributed by atoms with Crippen LogP contribution in [0.3, 0.4) is 0 Å². The molecular formula is C10H10O2.